The zero-order valence-corrected chi connectivity index (χ0v) is 17.2. The summed E-state index contributed by atoms with van der Waals surface area (Å²) < 4.78 is 25.9. The van der Waals surface area contributed by atoms with Crippen molar-refractivity contribution in [3.05, 3.63) is 18.0 Å². The van der Waals surface area contributed by atoms with Gasteiger partial charge < -0.3 is 15.5 Å². The van der Waals surface area contributed by atoms with Gasteiger partial charge in [0.1, 0.15) is 5.69 Å². The summed E-state index contributed by atoms with van der Waals surface area (Å²) in [5, 5.41) is 10.4. The first-order valence-electron chi connectivity index (χ1n) is 9.71. The number of aryl methyl sites for hydroxylation is 1. The van der Waals surface area contributed by atoms with Crippen LogP contribution in [0, 0.1) is 5.92 Å². The highest BCUT2D eigenvalue weighted by Crippen LogP contribution is 2.18. The van der Waals surface area contributed by atoms with Gasteiger partial charge in [-0.15, -0.1) is 0 Å². The lowest BCUT2D eigenvalue weighted by molar-refractivity contribution is 0.0922. The topological polar surface area (TPSA) is 96.3 Å². The summed E-state index contributed by atoms with van der Waals surface area (Å²) in [7, 11) is -1.46. The fourth-order valence-electron chi connectivity index (χ4n) is 4.09. The zero-order valence-electron chi connectivity index (χ0n) is 16.4. The molecule has 27 heavy (non-hydrogen) atoms. The summed E-state index contributed by atoms with van der Waals surface area (Å²) in [6, 6.07) is 1.27. The number of amides is 1. The molecule has 2 N–H and O–H groups in total. The van der Waals surface area contributed by atoms with Gasteiger partial charge in [0.2, 0.25) is 0 Å². The fraction of sp³-hybridized carbons (Fsp3) is 0.778. The summed E-state index contributed by atoms with van der Waals surface area (Å²) in [6.45, 7) is 7.61. The van der Waals surface area contributed by atoms with Crippen molar-refractivity contribution in [2.24, 2.45) is 13.0 Å². The Morgan fingerprint density at radius 1 is 1.26 bits per heavy atom. The third-order valence-corrected chi connectivity index (χ3v) is 7.12. The van der Waals surface area contributed by atoms with Crippen molar-refractivity contribution in [1.29, 1.82) is 0 Å². The third-order valence-electron chi connectivity index (χ3n) is 5.38. The highest BCUT2D eigenvalue weighted by atomic mass is 32.2. The molecule has 0 bridgehead atoms. The molecule has 2 aliphatic heterocycles. The van der Waals surface area contributed by atoms with Gasteiger partial charge in [-0.05, 0) is 37.9 Å². The second kappa shape index (κ2) is 8.28. The van der Waals surface area contributed by atoms with Crippen LogP contribution in [-0.2, 0) is 16.9 Å². The average molecular weight is 398 g/mol. The fourth-order valence-corrected chi connectivity index (χ4v) is 5.97. The van der Waals surface area contributed by atoms with Gasteiger partial charge in [-0.3, -0.25) is 9.48 Å². The summed E-state index contributed by atoms with van der Waals surface area (Å²) in [5.41, 5.74) is 0.431. The van der Waals surface area contributed by atoms with E-state index < -0.39 is 15.9 Å². The Hall–Kier alpha value is -1.45. The number of nitrogens with one attached hydrogen (secondary N) is 2. The van der Waals surface area contributed by atoms with E-state index in [9.17, 15) is 13.2 Å². The van der Waals surface area contributed by atoms with E-state index in [2.05, 4.69) is 34.5 Å². The van der Waals surface area contributed by atoms with E-state index in [1.807, 2.05) is 0 Å². The van der Waals surface area contributed by atoms with Gasteiger partial charge in [0.15, 0.2) is 9.84 Å². The number of aromatic nitrogens is 2. The van der Waals surface area contributed by atoms with Crippen molar-refractivity contribution in [1.82, 2.24) is 25.3 Å². The molecule has 0 saturated carbocycles. The molecule has 8 nitrogen and oxygen atoms in total. The predicted octanol–water partition coefficient (Wildman–Crippen LogP) is 0.0255. The van der Waals surface area contributed by atoms with Crippen molar-refractivity contribution >= 4 is 15.7 Å². The molecule has 152 valence electrons. The van der Waals surface area contributed by atoms with E-state index in [0.29, 0.717) is 17.7 Å². The van der Waals surface area contributed by atoms with Gasteiger partial charge in [0.05, 0.1) is 17.5 Å². The third kappa shape index (κ3) is 5.30. The number of carbonyl (C=O) groups is 1. The first kappa shape index (κ1) is 20.3. The molecule has 0 aliphatic carbocycles. The van der Waals surface area contributed by atoms with Crippen LogP contribution < -0.4 is 10.6 Å². The highest BCUT2D eigenvalue weighted by Gasteiger charge is 2.40. The Morgan fingerprint density at radius 2 is 1.93 bits per heavy atom. The van der Waals surface area contributed by atoms with Crippen LogP contribution in [0.1, 0.15) is 37.2 Å². The van der Waals surface area contributed by atoms with Crippen LogP contribution >= 0.6 is 0 Å². The number of nitrogens with zero attached hydrogens (tertiary/aromatic N) is 3. The molecule has 0 aromatic carbocycles. The second-order valence-electron chi connectivity index (χ2n) is 8.24. The maximum absolute atomic E-state index is 12.5. The van der Waals surface area contributed by atoms with E-state index in [-0.39, 0.29) is 23.5 Å². The van der Waals surface area contributed by atoms with E-state index in [4.69, 9.17) is 0 Å². The lowest BCUT2D eigenvalue weighted by Gasteiger charge is -2.35. The molecular weight excluding hydrogens is 366 g/mol. The Morgan fingerprint density at radius 3 is 2.52 bits per heavy atom. The smallest absolute Gasteiger partial charge is 0.269 e. The molecule has 0 unspecified atom stereocenters. The van der Waals surface area contributed by atoms with Gasteiger partial charge in [0, 0.05) is 31.9 Å². The lowest BCUT2D eigenvalue weighted by atomic mass is 10.0. The van der Waals surface area contributed by atoms with Crippen LogP contribution in [0.15, 0.2) is 12.3 Å². The first-order chi connectivity index (χ1) is 12.7. The molecule has 2 fully saturated rings. The number of piperidine rings is 1. The van der Waals surface area contributed by atoms with Gasteiger partial charge in [-0.2, -0.15) is 5.10 Å². The quantitative estimate of drug-likeness (QED) is 0.703. The molecular formula is C18H31N5O3S. The molecule has 1 amide bonds. The lowest BCUT2D eigenvalue weighted by Crippen LogP contribution is -2.54. The standard InChI is InChI=1S/C18H31N5O3S/c1-13(2)10-23-8-5-14(6-9-23)20-15-11-27(25,26)12-16(15)21-18(24)17-4-7-19-22(17)3/h4,7,13-16,20H,5-6,8-12H2,1-3H3,(H,21,24)/t15-,16+/m1/s1. The minimum Gasteiger partial charge on any atom is -0.345 e. The first-order valence-corrected chi connectivity index (χ1v) is 11.5. The molecule has 3 rings (SSSR count). The summed E-state index contributed by atoms with van der Waals surface area (Å²) in [4.78, 5) is 14.9. The molecule has 1 aromatic rings. The Bertz CT molecular complexity index is 753. The van der Waals surface area contributed by atoms with E-state index >= 15 is 0 Å². The maximum Gasteiger partial charge on any atom is 0.269 e. The SMILES string of the molecule is CC(C)CN1CCC(N[C@@H]2CS(=O)(=O)C[C@@H]2NC(=O)c2ccnn2C)CC1. The van der Waals surface area contributed by atoms with Crippen LogP contribution in [0.3, 0.4) is 0 Å². The summed E-state index contributed by atoms with van der Waals surface area (Å²) >= 11 is 0. The van der Waals surface area contributed by atoms with Crippen molar-refractivity contribution in [3.63, 3.8) is 0 Å². The molecule has 0 spiro atoms. The van der Waals surface area contributed by atoms with E-state index in [1.165, 1.54) is 4.68 Å². The Balaban J connectivity index is 1.58. The number of sulfone groups is 1. The highest BCUT2D eigenvalue weighted by molar-refractivity contribution is 7.91. The van der Waals surface area contributed by atoms with Gasteiger partial charge >= 0.3 is 0 Å². The number of rotatable bonds is 6. The number of likely N-dealkylation sites (tertiary alicyclic amines) is 1. The maximum atomic E-state index is 12.5. The Kier molecular flexibility index (Phi) is 6.22. The molecule has 2 saturated heterocycles. The van der Waals surface area contributed by atoms with Crippen LogP contribution in [0.4, 0.5) is 0 Å². The van der Waals surface area contributed by atoms with Crippen LogP contribution in [0.5, 0.6) is 0 Å². The monoisotopic (exact) mass is 397 g/mol. The van der Waals surface area contributed by atoms with Crippen molar-refractivity contribution in [2.45, 2.75) is 44.8 Å². The minimum absolute atomic E-state index is 0.0134. The van der Waals surface area contributed by atoms with Crippen molar-refractivity contribution in [3.8, 4) is 0 Å². The van der Waals surface area contributed by atoms with Gasteiger partial charge in [-0.1, -0.05) is 13.8 Å². The second-order valence-corrected chi connectivity index (χ2v) is 10.4. The average Bonchev–Trinajstić information content (AvgIpc) is 3.11. The number of hydrogen-bond donors (Lipinski definition) is 2. The van der Waals surface area contributed by atoms with Crippen LogP contribution in [-0.4, -0.2) is 78.3 Å². The largest absolute Gasteiger partial charge is 0.345 e. The molecule has 1 aromatic heterocycles. The van der Waals surface area contributed by atoms with Gasteiger partial charge in [0.25, 0.3) is 5.91 Å². The number of carbonyl (C=O) groups excluding carboxylic acids is 1. The minimum atomic E-state index is -3.16. The van der Waals surface area contributed by atoms with Crippen LogP contribution in [0.2, 0.25) is 0 Å². The summed E-state index contributed by atoms with van der Waals surface area (Å²) in [5.74, 6) is 0.437. The van der Waals surface area contributed by atoms with E-state index in [0.717, 1.165) is 32.5 Å². The van der Waals surface area contributed by atoms with Crippen LogP contribution in [0.25, 0.3) is 0 Å². The predicted molar refractivity (Wildman–Crippen MR) is 104 cm³/mol. The molecule has 3 heterocycles. The zero-order chi connectivity index (χ0) is 19.6. The van der Waals surface area contributed by atoms with Crippen molar-refractivity contribution in [2.75, 3.05) is 31.1 Å². The summed E-state index contributed by atoms with van der Waals surface area (Å²) in [6.07, 6.45) is 3.57. The van der Waals surface area contributed by atoms with Gasteiger partial charge in [-0.25, -0.2) is 8.42 Å². The normalized spacial score (nSPS) is 26.5. The molecule has 2 aliphatic rings. The molecule has 0 radical (unpaired) electrons. The molecule has 9 heteroatoms. The molecule has 2 atom stereocenters. The Labute approximate surface area is 161 Å². The van der Waals surface area contributed by atoms with Crippen molar-refractivity contribution < 1.29 is 13.2 Å². The van der Waals surface area contributed by atoms with E-state index in [1.54, 1.807) is 19.3 Å². The number of hydrogen-bond acceptors (Lipinski definition) is 6.